The van der Waals surface area contributed by atoms with Crippen molar-refractivity contribution in [2.45, 2.75) is 6.42 Å². The first-order chi connectivity index (χ1) is 28.7. The smallest absolute Gasteiger partial charge is 0.164 e. The second-order valence-electron chi connectivity index (χ2n) is 15.2. The molecule has 0 fully saturated rings. The summed E-state index contributed by atoms with van der Waals surface area (Å²) in [5, 5.41) is 7.07. The standard InChI is InChI=1S/C52H30N4OS/c1-2-9-31(10-3-1)50-53-51(55-52(54-50)37-20-17-30-25-35(37)26-30)34-18-21-39-42-28-33(19-24-46(42)58-47(39)29-34)32-11-8-12-36(27-32)56-43-15-6-4-14-41(43)48-44(56)23-22-40-38-13-5-7-16-45(38)57-49(40)48/h1-25,27-29H,26H2. The lowest BCUT2D eigenvalue weighted by atomic mass is 9.88. The van der Waals surface area contributed by atoms with E-state index < -0.39 is 0 Å². The van der Waals surface area contributed by atoms with Crippen LogP contribution < -0.4 is 0 Å². The topological polar surface area (TPSA) is 56.7 Å². The van der Waals surface area contributed by atoms with Crippen molar-refractivity contribution in [3.63, 3.8) is 0 Å². The maximum absolute atomic E-state index is 6.55. The van der Waals surface area contributed by atoms with E-state index in [2.05, 4.69) is 150 Å². The third kappa shape index (κ3) is 4.73. The van der Waals surface area contributed by atoms with Crippen molar-refractivity contribution in [2.75, 3.05) is 0 Å². The molecule has 2 aliphatic carbocycles. The van der Waals surface area contributed by atoms with E-state index in [9.17, 15) is 0 Å². The molecule has 5 nitrogen and oxygen atoms in total. The molecule has 0 unspecified atom stereocenters. The fourth-order valence-electron chi connectivity index (χ4n) is 8.99. The number of hydrogen-bond donors (Lipinski definition) is 0. The summed E-state index contributed by atoms with van der Waals surface area (Å²) in [5.74, 6) is 2.09. The number of thiophene rings is 1. The minimum Gasteiger partial charge on any atom is -0.455 e. The van der Waals surface area contributed by atoms with Gasteiger partial charge in [0.25, 0.3) is 0 Å². The van der Waals surface area contributed by atoms with Crippen LogP contribution in [0.1, 0.15) is 11.1 Å². The first-order valence-electron chi connectivity index (χ1n) is 19.5. The molecule has 0 atom stereocenters. The highest BCUT2D eigenvalue weighted by molar-refractivity contribution is 7.25. The molecule has 0 spiro atoms. The molecule has 0 aliphatic heterocycles. The first-order valence-corrected chi connectivity index (χ1v) is 20.4. The van der Waals surface area contributed by atoms with Crippen LogP contribution in [-0.2, 0) is 6.42 Å². The van der Waals surface area contributed by atoms with E-state index >= 15 is 0 Å². The Hall–Kier alpha value is -7.41. The molecule has 270 valence electrons. The average molecular weight is 759 g/mol. The van der Waals surface area contributed by atoms with Gasteiger partial charge in [0.1, 0.15) is 11.2 Å². The van der Waals surface area contributed by atoms with Gasteiger partial charge in [-0.25, -0.2) is 15.0 Å². The van der Waals surface area contributed by atoms with E-state index in [1.165, 1.54) is 42.2 Å². The Balaban J connectivity index is 0.915. The maximum Gasteiger partial charge on any atom is 0.164 e. The van der Waals surface area contributed by atoms with Gasteiger partial charge in [0.2, 0.25) is 0 Å². The van der Waals surface area contributed by atoms with Crippen molar-refractivity contribution in [3.05, 3.63) is 181 Å². The van der Waals surface area contributed by atoms with Crippen LogP contribution in [0.4, 0.5) is 0 Å². The molecule has 14 rings (SSSR count). The molecular formula is C52H30N4OS. The zero-order valence-electron chi connectivity index (χ0n) is 31.0. The molecule has 4 heterocycles. The number of rotatable bonds is 5. The average Bonchev–Trinajstić information content (AvgIpc) is 3.95. The molecule has 0 saturated heterocycles. The number of aromatic nitrogens is 4. The van der Waals surface area contributed by atoms with Crippen LogP contribution in [0.2, 0.25) is 0 Å². The van der Waals surface area contributed by atoms with Gasteiger partial charge in [-0.1, -0.05) is 115 Å². The molecule has 0 saturated carbocycles. The van der Waals surface area contributed by atoms with Crippen molar-refractivity contribution in [1.82, 2.24) is 19.5 Å². The van der Waals surface area contributed by atoms with E-state index in [4.69, 9.17) is 19.4 Å². The lowest BCUT2D eigenvalue weighted by Crippen LogP contribution is -2.07. The van der Waals surface area contributed by atoms with E-state index in [1.807, 2.05) is 35.6 Å². The molecule has 8 aromatic carbocycles. The molecule has 2 aliphatic rings. The third-order valence-electron chi connectivity index (χ3n) is 11.8. The van der Waals surface area contributed by atoms with Gasteiger partial charge in [-0.05, 0) is 83.3 Å². The fraction of sp³-hybridized carbons (Fsp3) is 0.0192. The SMILES string of the molecule is c1ccc(-c2nc(-c3ccc4c(c3)sc3ccc(-c5cccc(-n6c7ccccc7c7c8oc9ccccc9c8ccc76)c5)cc34)nc(-c3ccc4cc3C4)n2)cc1. The summed E-state index contributed by atoms with van der Waals surface area (Å²) in [7, 11) is 0. The van der Waals surface area contributed by atoms with Crippen LogP contribution in [0.3, 0.4) is 0 Å². The van der Waals surface area contributed by atoms with Gasteiger partial charge < -0.3 is 8.98 Å². The molecular weight excluding hydrogens is 729 g/mol. The minimum absolute atomic E-state index is 0.683. The van der Waals surface area contributed by atoms with Gasteiger partial charge in [-0.15, -0.1) is 11.3 Å². The van der Waals surface area contributed by atoms with Gasteiger partial charge in [-0.2, -0.15) is 0 Å². The predicted molar refractivity (Wildman–Crippen MR) is 239 cm³/mol. The van der Waals surface area contributed by atoms with Crippen LogP contribution in [0.5, 0.6) is 0 Å². The number of para-hydroxylation sites is 2. The van der Waals surface area contributed by atoms with Gasteiger partial charge in [0.05, 0.1) is 16.4 Å². The van der Waals surface area contributed by atoms with Gasteiger partial charge >= 0.3 is 0 Å². The van der Waals surface area contributed by atoms with E-state index in [1.54, 1.807) is 0 Å². The summed E-state index contributed by atoms with van der Waals surface area (Å²) < 4.78 is 11.4. The van der Waals surface area contributed by atoms with Crippen LogP contribution >= 0.6 is 11.3 Å². The van der Waals surface area contributed by atoms with Crippen molar-refractivity contribution in [1.29, 1.82) is 0 Å². The molecule has 0 N–H and O–H groups in total. The van der Waals surface area contributed by atoms with E-state index in [0.717, 1.165) is 78.5 Å². The largest absolute Gasteiger partial charge is 0.455 e. The van der Waals surface area contributed by atoms with Crippen LogP contribution in [0.15, 0.2) is 174 Å². The summed E-state index contributed by atoms with van der Waals surface area (Å²) in [5.41, 5.74) is 13.3. The van der Waals surface area contributed by atoms with Crippen LogP contribution in [0, 0.1) is 0 Å². The van der Waals surface area contributed by atoms with Crippen LogP contribution in [-0.4, -0.2) is 19.5 Å². The van der Waals surface area contributed by atoms with Crippen molar-refractivity contribution in [2.24, 2.45) is 0 Å². The molecule has 4 aromatic heterocycles. The summed E-state index contributed by atoms with van der Waals surface area (Å²) in [4.78, 5) is 15.1. The second kappa shape index (κ2) is 12.0. The number of nitrogens with zero attached hydrogens (tertiary/aromatic N) is 4. The fourth-order valence-corrected chi connectivity index (χ4v) is 10.1. The first kappa shape index (κ1) is 31.8. The minimum atomic E-state index is 0.683. The quantitative estimate of drug-likeness (QED) is 0.175. The van der Waals surface area contributed by atoms with Gasteiger partial charge in [0, 0.05) is 58.7 Å². The van der Waals surface area contributed by atoms with Crippen molar-refractivity contribution < 1.29 is 4.42 Å². The van der Waals surface area contributed by atoms with E-state index in [0.29, 0.717) is 11.6 Å². The highest BCUT2D eigenvalue weighted by atomic mass is 32.1. The zero-order chi connectivity index (χ0) is 37.9. The Morgan fingerprint density at radius 1 is 0.466 bits per heavy atom. The maximum atomic E-state index is 6.55. The number of furan rings is 1. The predicted octanol–water partition coefficient (Wildman–Crippen LogP) is 13.8. The highest BCUT2D eigenvalue weighted by Gasteiger charge is 2.21. The molecule has 6 heteroatoms. The molecule has 2 bridgehead atoms. The summed E-state index contributed by atoms with van der Waals surface area (Å²) in [6, 6.07) is 60.5. The molecule has 0 amide bonds. The monoisotopic (exact) mass is 758 g/mol. The van der Waals surface area contributed by atoms with Gasteiger partial charge in [0.15, 0.2) is 17.5 Å². The zero-order valence-corrected chi connectivity index (χ0v) is 31.8. The Labute approximate surface area is 336 Å². The number of hydrogen-bond acceptors (Lipinski definition) is 5. The molecule has 0 radical (unpaired) electrons. The summed E-state index contributed by atoms with van der Waals surface area (Å²) in [6.07, 6.45) is 0.973. The second-order valence-corrected chi connectivity index (χ2v) is 16.3. The Morgan fingerprint density at radius 2 is 1.21 bits per heavy atom. The van der Waals surface area contributed by atoms with Crippen molar-refractivity contribution in [3.8, 4) is 51.0 Å². The van der Waals surface area contributed by atoms with Gasteiger partial charge in [-0.3, -0.25) is 0 Å². The lowest BCUT2D eigenvalue weighted by Gasteiger charge is -2.19. The third-order valence-corrected chi connectivity index (χ3v) is 13.0. The summed E-state index contributed by atoms with van der Waals surface area (Å²) >= 11 is 1.81. The normalized spacial score (nSPS) is 12.4. The van der Waals surface area contributed by atoms with Crippen LogP contribution in [0.25, 0.3) is 115 Å². The highest BCUT2D eigenvalue weighted by Crippen LogP contribution is 2.42. The number of benzene rings is 8. The summed E-state index contributed by atoms with van der Waals surface area (Å²) in [6.45, 7) is 0. The van der Waals surface area contributed by atoms with Crippen molar-refractivity contribution >= 4 is 75.3 Å². The Morgan fingerprint density at radius 3 is 2.09 bits per heavy atom. The molecule has 12 aromatic rings. The molecule has 58 heavy (non-hydrogen) atoms. The van der Waals surface area contributed by atoms with E-state index in [-0.39, 0.29) is 0 Å². The Bertz CT molecular complexity index is 3670. The number of fused-ring (bicyclic) bond motifs is 12. The lowest BCUT2D eigenvalue weighted by molar-refractivity contribution is 0.673. The Kier molecular flexibility index (Phi) is 6.60.